The number of anilines is 1. The van der Waals surface area contributed by atoms with Crippen molar-refractivity contribution in [3.63, 3.8) is 0 Å². The van der Waals surface area contributed by atoms with Crippen molar-refractivity contribution in [1.82, 2.24) is 0 Å². The van der Waals surface area contributed by atoms with E-state index in [1.165, 1.54) is 0 Å². The van der Waals surface area contributed by atoms with E-state index in [0.29, 0.717) is 6.54 Å². The van der Waals surface area contributed by atoms with Gasteiger partial charge in [0.15, 0.2) is 0 Å². The van der Waals surface area contributed by atoms with Crippen LogP contribution >= 0.6 is 0 Å². The first-order chi connectivity index (χ1) is 6.27. The van der Waals surface area contributed by atoms with Crippen molar-refractivity contribution >= 4 is 11.6 Å². The van der Waals surface area contributed by atoms with E-state index in [1.54, 1.807) is 6.07 Å². The molecule has 5 N–H and O–H groups in total. The Balaban J connectivity index is 2.81. The molecule has 0 aromatic heterocycles. The molecule has 1 rings (SSSR count). The van der Waals surface area contributed by atoms with Gasteiger partial charge in [0, 0.05) is 12.2 Å². The maximum absolute atomic E-state index is 11.0. The second-order valence-corrected chi connectivity index (χ2v) is 2.61. The van der Waals surface area contributed by atoms with E-state index >= 15 is 0 Å². The highest BCUT2D eigenvalue weighted by Crippen LogP contribution is 2.13. The third-order valence-electron chi connectivity index (χ3n) is 1.70. The van der Waals surface area contributed by atoms with Gasteiger partial charge in [0.25, 0.3) is 0 Å². The molecule has 0 saturated heterocycles. The summed E-state index contributed by atoms with van der Waals surface area (Å²) in [4.78, 5) is 11.0. The largest absolute Gasteiger partial charge is 0.326 e. The molecule has 0 atom stereocenters. The van der Waals surface area contributed by atoms with Crippen molar-refractivity contribution in [3.8, 4) is 0 Å². The summed E-state index contributed by atoms with van der Waals surface area (Å²) in [6, 6.07) is 7.38. The summed E-state index contributed by atoms with van der Waals surface area (Å²) in [5.41, 5.74) is 12.3. The average Bonchev–Trinajstić information content (AvgIpc) is 2.18. The number of rotatable bonds is 3. The van der Waals surface area contributed by atoms with E-state index in [0.717, 1.165) is 11.3 Å². The summed E-state index contributed by atoms with van der Waals surface area (Å²) in [5.74, 6) is -0.208. The molecule has 1 aromatic carbocycles. The van der Waals surface area contributed by atoms with Crippen molar-refractivity contribution in [2.24, 2.45) is 11.5 Å². The standard InChI is InChI=1S/C9H13N3O/c10-5-7-3-1-2-4-8(7)12-9(13)6-11/h1-4H,5-6,10-11H2,(H,12,13). The molecule has 4 heteroatoms. The van der Waals surface area contributed by atoms with Crippen LogP contribution < -0.4 is 16.8 Å². The Kier molecular flexibility index (Phi) is 3.42. The highest BCUT2D eigenvalue weighted by atomic mass is 16.1. The van der Waals surface area contributed by atoms with Crippen LogP contribution in [0.4, 0.5) is 5.69 Å². The zero-order chi connectivity index (χ0) is 9.68. The second kappa shape index (κ2) is 4.59. The number of nitrogens with one attached hydrogen (secondary N) is 1. The second-order valence-electron chi connectivity index (χ2n) is 2.61. The molecule has 0 unspecified atom stereocenters. The monoisotopic (exact) mass is 179 g/mol. The number of hydrogen-bond acceptors (Lipinski definition) is 3. The van der Waals surface area contributed by atoms with Gasteiger partial charge in [-0.25, -0.2) is 0 Å². The smallest absolute Gasteiger partial charge is 0.238 e. The van der Waals surface area contributed by atoms with Gasteiger partial charge in [-0.05, 0) is 11.6 Å². The van der Waals surface area contributed by atoms with Crippen LogP contribution in [0.15, 0.2) is 24.3 Å². The zero-order valence-electron chi connectivity index (χ0n) is 7.29. The molecule has 1 amide bonds. The quantitative estimate of drug-likeness (QED) is 0.613. The number of nitrogens with two attached hydrogens (primary N) is 2. The number of hydrogen-bond donors (Lipinski definition) is 3. The summed E-state index contributed by atoms with van der Waals surface area (Å²) >= 11 is 0. The molecule has 0 heterocycles. The van der Waals surface area contributed by atoms with Gasteiger partial charge in [0.1, 0.15) is 0 Å². The third-order valence-corrected chi connectivity index (χ3v) is 1.70. The predicted octanol–water partition coefficient (Wildman–Crippen LogP) is 0.0425. The van der Waals surface area contributed by atoms with Crippen LogP contribution in [0, 0.1) is 0 Å². The Hall–Kier alpha value is -1.39. The lowest BCUT2D eigenvalue weighted by molar-refractivity contribution is -0.114. The van der Waals surface area contributed by atoms with Crippen LogP contribution in [0.1, 0.15) is 5.56 Å². The summed E-state index contributed by atoms with van der Waals surface area (Å²) in [5, 5.41) is 2.67. The van der Waals surface area contributed by atoms with E-state index in [4.69, 9.17) is 11.5 Å². The van der Waals surface area contributed by atoms with Crippen LogP contribution in [0.2, 0.25) is 0 Å². The minimum absolute atomic E-state index is 0.0150. The van der Waals surface area contributed by atoms with Crippen LogP contribution in [0.3, 0.4) is 0 Å². The summed E-state index contributed by atoms with van der Waals surface area (Å²) < 4.78 is 0. The van der Waals surface area contributed by atoms with Crippen LogP contribution in [-0.2, 0) is 11.3 Å². The molecule has 1 aromatic rings. The lowest BCUT2D eigenvalue weighted by atomic mass is 10.2. The van der Waals surface area contributed by atoms with Gasteiger partial charge in [0.2, 0.25) is 5.91 Å². The van der Waals surface area contributed by atoms with Gasteiger partial charge in [-0.3, -0.25) is 4.79 Å². The fourth-order valence-electron chi connectivity index (χ4n) is 1.02. The number of carbonyl (C=O) groups excluding carboxylic acids is 1. The number of amides is 1. The molecular weight excluding hydrogens is 166 g/mol. The highest BCUT2D eigenvalue weighted by Gasteiger charge is 2.02. The van der Waals surface area contributed by atoms with Crippen LogP contribution in [0.25, 0.3) is 0 Å². The average molecular weight is 179 g/mol. The molecule has 0 fully saturated rings. The van der Waals surface area contributed by atoms with E-state index < -0.39 is 0 Å². The maximum Gasteiger partial charge on any atom is 0.238 e. The maximum atomic E-state index is 11.0. The van der Waals surface area contributed by atoms with E-state index in [-0.39, 0.29) is 12.5 Å². The molecule has 0 bridgehead atoms. The Bertz CT molecular complexity index is 299. The first-order valence-electron chi connectivity index (χ1n) is 4.06. The summed E-state index contributed by atoms with van der Waals surface area (Å²) in [6.45, 7) is 0.389. The van der Waals surface area contributed by atoms with Crippen LogP contribution in [-0.4, -0.2) is 12.5 Å². The summed E-state index contributed by atoms with van der Waals surface area (Å²) in [7, 11) is 0. The summed E-state index contributed by atoms with van der Waals surface area (Å²) in [6.07, 6.45) is 0. The third kappa shape index (κ3) is 2.54. The topological polar surface area (TPSA) is 81.1 Å². The minimum atomic E-state index is -0.208. The number of benzene rings is 1. The van der Waals surface area contributed by atoms with E-state index in [2.05, 4.69) is 5.32 Å². The molecule has 4 nitrogen and oxygen atoms in total. The first kappa shape index (κ1) is 9.70. The molecule has 70 valence electrons. The van der Waals surface area contributed by atoms with Gasteiger partial charge in [-0.1, -0.05) is 18.2 Å². The lowest BCUT2D eigenvalue weighted by Gasteiger charge is -2.07. The van der Waals surface area contributed by atoms with Gasteiger partial charge in [-0.15, -0.1) is 0 Å². The van der Waals surface area contributed by atoms with Crippen molar-refractivity contribution in [3.05, 3.63) is 29.8 Å². The Morgan fingerprint density at radius 1 is 1.31 bits per heavy atom. The first-order valence-corrected chi connectivity index (χ1v) is 4.06. The SMILES string of the molecule is NCC(=O)Nc1ccccc1CN. The van der Waals surface area contributed by atoms with Gasteiger partial charge in [0.05, 0.1) is 6.54 Å². The normalized spacial score (nSPS) is 9.69. The van der Waals surface area contributed by atoms with Gasteiger partial charge >= 0.3 is 0 Å². The van der Waals surface area contributed by atoms with Gasteiger partial charge < -0.3 is 16.8 Å². The molecule has 0 spiro atoms. The van der Waals surface area contributed by atoms with Gasteiger partial charge in [-0.2, -0.15) is 0 Å². The molecule has 0 aliphatic rings. The van der Waals surface area contributed by atoms with Crippen molar-refractivity contribution < 1.29 is 4.79 Å². The fourth-order valence-corrected chi connectivity index (χ4v) is 1.02. The van der Waals surface area contributed by atoms with Crippen LogP contribution in [0.5, 0.6) is 0 Å². The molecule has 0 aliphatic heterocycles. The molecule has 13 heavy (non-hydrogen) atoms. The predicted molar refractivity (Wildman–Crippen MR) is 52.0 cm³/mol. The fraction of sp³-hybridized carbons (Fsp3) is 0.222. The van der Waals surface area contributed by atoms with E-state index in [9.17, 15) is 4.79 Å². The van der Waals surface area contributed by atoms with Crippen molar-refractivity contribution in [1.29, 1.82) is 0 Å². The molecule has 0 radical (unpaired) electrons. The zero-order valence-corrected chi connectivity index (χ0v) is 7.29. The van der Waals surface area contributed by atoms with Crippen molar-refractivity contribution in [2.45, 2.75) is 6.54 Å². The lowest BCUT2D eigenvalue weighted by Crippen LogP contribution is -2.22. The number of para-hydroxylation sites is 1. The van der Waals surface area contributed by atoms with Crippen molar-refractivity contribution in [2.75, 3.05) is 11.9 Å². The molecular formula is C9H13N3O. The Labute approximate surface area is 76.9 Å². The Morgan fingerprint density at radius 2 is 2.00 bits per heavy atom. The number of carbonyl (C=O) groups is 1. The molecule has 0 saturated carbocycles. The van der Waals surface area contributed by atoms with E-state index in [1.807, 2.05) is 18.2 Å². The highest BCUT2D eigenvalue weighted by molar-refractivity contribution is 5.92. The molecule has 0 aliphatic carbocycles. The Morgan fingerprint density at radius 3 is 2.62 bits per heavy atom. The minimum Gasteiger partial charge on any atom is -0.326 e.